The number of rotatable bonds is 2. The highest BCUT2D eigenvalue weighted by atomic mass is 32.1. The van der Waals surface area contributed by atoms with Crippen LogP contribution in [-0.2, 0) is 15.1 Å². The molecule has 3 nitrogen and oxygen atoms in total. The lowest BCUT2D eigenvalue weighted by Gasteiger charge is -2.43. The van der Waals surface area contributed by atoms with Crippen molar-refractivity contribution in [3.05, 3.63) is 29.1 Å². The Morgan fingerprint density at radius 1 is 1.47 bits per heavy atom. The molecular weight excluding hydrogens is 259 g/mol. The van der Waals surface area contributed by atoms with Gasteiger partial charge in [-0.1, -0.05) is 23.7 Å². The Labute approximate surface area is 116 Å². The minimum Gasteiger partial charge on any atom is -0.453 e. The molecule has 1 aromatic carbocycles. The van der Waals surface area contributed by atoms with Gasteiger partial charge in [0, 0.05) is 29.3 Å². The van der Waals surface area contributed by atoms with Crippen LogP contribution in [0.25, 0.3) is 10.1 Å². The first-order valence-corrected chi connectivity index (χ1v) is 6.97. The van der Waals surface area contributed by atoms with Gasteiger partial charge in [0.05, 0.1) is 6.10 Å². The van der Waals surface area contributed by atoms with E-state index in [2.05, 4.69) is 0 Å². The van der Waals surface area contributed by atoms with Crippen LogP contribution in [0.4, 0.5) is 0 Å². The van der Waals surface area contributed by atoms with E-state index in [4.69, 9.17) is 12.6 Å². The minimum atomic E-state index is -0.649. The zero-order valence-corrected chi connectivity index (χ0v) is 11.4. The minimum absolute atomic E-state index is 0.316. The van der Waals surface area contributed by atoms with Crippen molar-refractivity contribution < 1.29 is 14.6 Å². The van der Waals surface area contributed by atoms with Crippen LogP contribution in [0.2, 0.25) is 0 Å². The first kappa shape index (κ1) is 12.7. The van der Waals surface area contributed by atoms with E-state index >= 15 is 0 Å². The Balaban J connectivity index is 2.03. The van der Waals surface area contributed by atoms with Gasteiger partial charge < -0.3 is 9.84 Å². The number of aliphatic hydroxyl groups excluding tert-OH is 1. The molecule has 3 rings (SSSR count). The van der Waals surface area contributed by atoms with Crippen LogP contribution in [0, 0.1) is 0 Å². The summed E-state index contributed by atoms with van der Waals surface area (Å²) in [6.45, 7) is 1.40. The fraction of sp³-hybridized carbons (Fsp3) is 0.357. The third-order valence-electron chi connectivity index (χ3n) is 3.46. The van der Waals surface area contributed by atoms with Gasteiger partial charge in [-0.15, -0.1) is 11.3 Å². The predicted molar refractivity (Wildman–Crippen MR) is 75.9 cm³/mol. The molecule has 1 aliphatic rings. The Morgan fingerprint density at radius 3 is 2.84 bits per heavy atom. The molecule has 96 valence electrons. The lowest BCUT2D eigenvalue weighted by molar-refractivity contribution is -0.183. The number of benzene rings is 1. The number of ether oxygens (including phenoxy) is 1. The summed E-state index contributed by atoms with van der Waals surface area (Å²) >= 11 is 1.57. The molecule has 5 heteroatoms. The molecule has 2 aromatic rings. The quantitative estimate of drug-likeness (QED) is 0.667. The zero-order valence-electron chi connectivity index (χ0n) is 10.6. The van der Waals surface area contributed by atoms with Gasteiger partial charge in [-0.25, -0.2) is 0 Å². The molecule has 0 amide bonds. The van der Waals surface area contributed by atoms with Crippen molar-refractivity contribution >= 4 is 40.7 Å². The van der Waals surface area contributed by atoms with Gasteiger partial charge in [-0.3, -0.25) is 4.79 Å². The molecule has 0 spiro atoms. The lowest BCUT2D eigenvalue weighted by Crippen LogP contribution is -2.47. The molecule has 0 atom stereocenters. The van der Waals surface area contributed by atoms with Crippen LogP contribution < -0.4 is 5.46 Å². The molecule has 1 aliphatic carbocycles. The molecule has 0 unspecified atom stereocenters. The summed E-state index contributed by atoms with van der Waals surface area (Å²) < 4.78 is 6.54. The van der Waals surface area contributed by atoms with E-state index in [1.807, 2.05) is 24.3 Å². The van der Waals surface area contributed by atoms with Gasteiger partial charge in [-0.2, -0.15) is 0 Å². The summed E-state index contributed by atoms with van der Waals surface area (Å²) in [6, 6.07) is 7.75. The van der Waals surface area contributed by atoms with Crippen LogP contribution >= 0.6 is 11.3 Å². The van der Waals surface area contributed by atoms with E-state index in [1.54, 1.807) is 11.3 Å². The molecule has 1 saturated carbocycles. The molecule has 0 bridgehead atoms. The van der Waals surface area contributed by atoms with E-state index in [-0.39, 0.29) is 5.97 Å². The molecule has 1 N–H and O–H groups in total. The van der Waals surface area contributed by atoms with E-state index in [1.165, 1.54) is 6.92 Å². The Kier molecular flexibility index (Phi) is 2.91. The largest absolute Gasteiger partial charge is 0.453 e. The van der Waals surface area contributed by atoms with Crippen LogP contribution in [-0.4, -0.2) is 25.0 Å². The fourth-order valence-corrected chi connectivity index (χ4v) is 3.84. The highest BCUT2D eigenvalue weighted by molar-refractivity contribution is 7.19. The number of carbonyl (C=O) groups is 1. The summed E-state index contributed by atoms with van der Waals surface area (Å²) in [6.07, 6.45) is 0.540. The van der Waals surface area contributed by atoms with Crippen molar-refractivity contribution in [2.45, 2.75) is 31.5 Å². The van der Waals surface area contributed by atoms with E-state index in [0.717, 1.165) is 20.4 Å². The second-order valence-electron chi connectivity index (χ2n) is 5.06. The number of hydrogen-bond donors (Lipinski definition) is 1. The van der Waals surface area contributed by atoms with E-state index in [9.17, 15) is 9.90 Å². The fourth-order valence-electron chi connectivity index (χ4n) is 2.58. The SMILES string of the molecule is [B]c1ccc2cc(C3(OC(C)=O)CC(O)C3)sc2c1. The number of esters is 1. The van der Waals surface area contributed by atoms with Gasteiger partial charge in [0.15, 0.2) is 5.60 Å². The van der Waals surface area contributed by atoms with E-state index < -0.39 is 11.7 Å². The van der Waals surface area contributed by atoms with Gasteiger partial charge in [-0.05, 0) is 11.5 Å². The Hall–Kier alpha value is -1.33. The summed E-state index contributed by atoms with van der Waals surface area (Å²) in [7, 11) is 5.77. The highest BCUT2D eigenvalue weighted by Gasteiger charge is 2.49. The van der Waals surface area contributed by atoms with Crippen molar-refractivity contribution in [1.29, 1.82) is 0 Å². The van der Waals surface area contributed by atoms with Gasteiger partial charge in [0.2, 0.25) is 0 Å². The van der Waals surface area contributed by atoms with Gasteiger partial charge in [0.1, 0.15) is 7.85 Å². The lowest BCUT2D eigenvalue weighted by atomic mass is 9.76. The molecule has 2 radical (unpaired) electrons. The zero-order chi connectivity index (χ0) is 13.6. The maximum atomic E-state index is 11.3. The van der Waals surface area contributed by atoms with Crippen molar-refractivity contribution in [3.8, 4) is 0 Å². The maximum Gasteiger partial charge on any atom is 0.303 e. The summed E-state index contributed by atoms with van der Waals surface area (Å²) in [5.74, 6) is -0.316. The number of hydrogen-bond acceptors (Lipinski definition) is 4. The monoisotopic (exact) mass is 272 g/mol. The molecular formula is C14H13BO3S. The first-order valence-electron chi connectivity index (χ1n) is 6.16. The number of carbonyl (C=O) groups excluding carboxylic acids is 1. The number of thiophene rings is 1. The molecule has 1 fully saturated rings. The van der Waals surface area contributed by atoms with E-state index in [0.29, 0.717) is 12.8 Å². The highest BCUT2D eigenvalue weighted by Crippen LogP contribution is 2.48. The summed E-state index contributed by atoms with van der Waals surface area (Å²) in [5.41, 5.74) is 0.0695. The Bertz CT molecular complexity index is 643. The summed E-state index contributed by atoms with van der Waals surface area (Å²) in [4.78, 5) is 12.3. The normalized spacial score (nSPS) is 26.1. The standard InChI is InChI=1S/C14H13BO3S/c1-8(16)18-14(6-11(17)7-14)13-4-9-2-3-10(15)5-12(9)19-13/h2-5,11,17H,6-7H2,1H3. The smallest absolute Gasteiger partial charge is 0.303 e. The topological polar surface area (TPSA) is 46.5 Å². The van der Waals surface area contributed by atoms with Crippen molar-refractivity contribution in [2.24, 2.45) is 0 Å². The maximum absolute atomic E-state index is 11.3. The third kappa shape index (κ3) is 2.17. The average Bonchev–Trinajstić information content (AvgIpc) is 2.68. The average molecular weight is 272 g/mol. The molecule has 0 aliphatic heterocycles. The van der Waals surface area contributed by atoms with Crippen LogP contribution in [0.5, 0.6) is 0 Å². The number of aliphatic hydroxyl groups is 1. The third-order valence-corrected chi connectivity index (χ3v) is 4.75. The first-order chi connectivity index (χ1) is 8.98. The van der Waals surface area contributed by atoms with Crippen molar-refractivity contribution in [1.82, 2.24) is 0 Å². The predicted octanol–water partition coefficient (Wildman–Crippen LogP) is 1.61. The second kappa shape index (κ2) is 4.35. The van der Waals surface area contributed by atoms with Gasteiger partial charge in [0.25, 0.3) is 0 Å². The molecule has 1 aromatic heterocycles. The molecule has 19 heavy (non-hydrogen) atoms. The summed E-state index contributed by atoms with van der Waals surface area (Å²) in [5, 5.41) is 10.7. The Morgan fingerprint density at radius 2 is 2.21 bits per heavy atom. The van der Waals surface area contributed by atoms with Crippen LogP contribution in [0.1, 0.15) is 24.6 Å². The van der Waals surface area contributed by atoms with Crippen molar-refractivity contribution in [3.63, 3.8) is 0 Å². The van der Waals surface area contributed by atoms with Gasteiger partial charge >= 0.3 is 5.97 Å². The second-order valence-corrected chi connectivity index (χ2v) is 6.14. The molecule has 1 heterocycles. The number of fused-ring (bicyclic) bond motifs is 1. The van der Waals surface area contributed by atoms with Crippen LogP contribution in [0.15, 0.2) is 24.3 Å². The molecule has 0 saturated heterocycles. The van der Waals surface area contributed by atoms with Crippen molar-refractivity contribution in [2.75, 3.05) is 0 Å². The van der Waals surface area contributed by atoms with Crippen LogP contribution in [0.3, 0.4) is 0 Å².